The third kappa shape index (κ3) is 5.08. The van der Waals surface area contributed by atoms with Crippen molar-refractivity contribution in [2.45, 2.75) is 25.3 Å². The number of nitrogens with zero attached hydrogens (tertiary/aromatic N) is 3. The molecule has 0 spiro atoms. The molecule has 0 saturated carbocycles. The number of alkyl halides is 3. The molecule has 2 atom stereocenters. The molecular formula is C15H16F3N3O2S2. The van der Waals surface area contributed by atoms with E-state index in [9.17, 15) is 18.0 Å². The van der Waals surface area contributed by atoms with E-state index in [1.807, 2.05) is 13.2 Å². The fraction of sp³-hybridized carbons (Fsp3) is 0.400. The van der Waals surface area contributed by atoms with Gasteiger partial charge in [0.2, 0.25) is 5.13 Å². The van der Waals surface area contributed by atoms with Gasteiger partial charge in [-0.2, -0.15) is 17.5 Å². The zero-order valence-corrected chi connectivity index (χ0v) is 15.3. The second kappa shape index (κ2) is 8.05. The number of hydrogen-bond donors (Lipinski definition) is 0. The van der Waals surface area contributed by atoms with E-state index in [1.54, 1.807) is 12.3 Å². The Kier molecular flexibility index (Phi) is 6.28. The minimum atomic E-state index is -4.45. The van der Waals surface area contributed by atoms with E-state index >= 15 is 0 Å². The van der Waals surface area contributed by atoms with Crippen LogP contribution in [0.15, 0.2) is 28.1 Å². The second-order valence-corrected chi connectivity index (χ2v) is 7.74. The van der Waals surface area contributed by atoms with Crippen molar-refractivity contribution in [3.8, 4) is 0 Å². The molecule has 2 rings (SSSR count). The number of esters is 1. The molecule has 2 aromatic heterocycles. The van der Waals surface area contributed by atoms with Gasteiger partial charge in [-0.3, -0.25) is 4.98 Å². The summed E-state index contributed by atoms with van der Waals surface area (Å²) in [6.07, 6.45) is -1.38. The van der Waals surface area contributed by atoms with Gasteiger partial charge in [0.1, 0.15) is 5.69 Å². The molecule has 0 aliphatic heterocycles. The Labute approximate surface area is 149 Å². The first kappa shape index (κ1) is 19.5. The van der Waals surface area contributed by atoms with Crippen molar-refractivity contribution in [1.82, 2.24) is 9.97 Å². The van der Waals surface area contributed by atoms with E-state index in [0.717, 1.165) is 6.07 Å². The molecule has 0 bridgehead atoms. The van der Waals surface area contributed by atoms with Crippen molar-refractivity contribution < 1.29 is 22.7 Å². The van der Waals surface area contributed by atoms with Crippen molar-refractivity contribution >= 4 is 33.1 Å². The Bertz CT molecular complexity index is 773. The molecule has 10 heteroatoms. The molecule has 5 nitrogen and oxygen atoms in total. The van der Waals surface area contributed by atoms with Gasteiger partial charge in [-0.15, -0.1) is 11.3 Å². The first-order valence-electron chi connectivity index (χ1n) is 7.24. The number of pyridine rings is 1. The zero-order chi connectivity index (χ0) is 18.6. The fourth-order valence-corrected chi connectivity index (χ4v) is 3.84. The summed E-state index contributed by atoms with van der Waals surface area (Å²) in [5.74, 6) is -0.504. The number of hydrogen-bond acceptors (Lipinski definition) is 6. The van der Waals surface area contributed by atoms with E-state index in [1.165, 1.54) is 23.6 Å². The smallest absolute Gasteiger partial charge is 0.433 e. The van der Waals surface area contributed by atoms with E-state index in [0.29, 0.717) is 10.7 Å². The summed E-state index contributed by atoms with van der Waals surface area (Å²) in [7, 11) is -0.549. The standard InChI is InChI=1S/C15H16F3N3O2S2/c1-4-23-13(22)11-8-24-14(20-11)21-25(3)9(2)10-5-6-12(19-7-10)15(16,17)18/h5-9H,4H2,1-3H3. The summed E-state index contributed by atoms with van der Waals surface area (Å²) >= 11 is 1.21. The number of aromatic nitrogens is 2. The van der Waals surface area contributed by atoms with Gasteiger partial charge >= 0.3 is 12.1 Å². The van der Waals surface area contributed by atoms with Crippen LogP contribution in [-0.4, -0.2) is 28.8 Å². The molecule has 2 heterocycles. The zero-order valence-electron chi connectivity index (χ0n) is 13.7. The number of carbonyl (C=O) groups excluding carboxylic acids is 1. The average molecular weight is 391 g/mol. The summed E-state index contributed by atoms with van der Waals surface area (Å²) in [5, 5.41) is 1.86. The molecule has 0 aliphatic carbocycles. The Morgan fingerprint density at radius 1 is 1.44 bits per heavy atom. The monoisotopic (exact) mass is 391 g/mol. The van der Waals surface area contributed by atoms with Gasteiger partial charge in [0.05, 0.1) is 6.61 Å². The molecule has 136 valence electrons. The predicted octanol–water partition coefficient (Wildman–Crippen LogP) is 4.56. The number of ether oxygens (including phenoxy) is 1. The lowest BCUT2D eigenvalue weighted by Gasteiger charge is -2.13. The van der Waals surface area contributed by atoms with Gasteiger partial charge in [0.15, 0.2) is 5.69 Å². The molecule has 25 heavy (non-hydrogen) atoms. The number of carbonyl (C=O) groups is 1. The summed E-state index contributed by atoms with van der Waals surface area (Å²) < 4.78 is 47.0. The molecule has 0 aromatic carbocycles. The van der Waals surface area contributed by atoms with Gasteiger partial charge in [-0.05, 0) is 31.7 Å². The van der Waals surface area contributed by atoms with Gasteiger partial charge in [0, 0.05) is 16.8 Å². The van der Waals surface area contributed by atoms with Crippen LogP contribution in [0.3, 0.4) is 0 Å². The normalized spacial score (nSPS) is 14.3. The second-order valence-electron chi connectivity index (χ2n) is 4.97. The Balaban J connectivity index is 2.15. The largest absolute Gasteiger partial charge is 0.461 e. The van der Waals surface area contributed by atoms with Gasteiger partial charge in [0.25, 0.3) is 0 Å². The van der Waals surface area contributed by atoms with Crippen molar-refractivity contribution in [2.75, 3.05) is 12.9 Å². The minimum absolute atomic E-state index is 0.135. The molecule has 0 aliphatic rings. The number of rotatable bonds is 5. The highest BCUT2D eigenvalue weighted by atomic mass is 32.2. The van der Waals surface area contributed by atoms with Gasteiger partial charge in [-0.1, -0.05) is 16.8 Å². The van der Waals surface area contributed by atoms with Crippen molar-refractivity contribution in [2.24, 2.45) is 4.36 Å². The molecule has 0 radical (unpaired) electrons. The Morgan fingerprint density at radius 3 is 2.72 bits per heavy atom. The topological polar surface area (TPSA) is 64.4 Å². The lowest BCUT2D eigenvalue weighted by atomic mass is 10.2. The van der Waals surface area contributed by atoms with Crippen LogP contribution < -0.4 is 0 Å². The predicted molar refractivity (Wildman–Crippen MR) is 91.1 cm³/mol. The first-order chi connectivity index (χ1) is 11.7. The van der Waals surface area contributed by atoms with Crippen LogP contribution in [0.4, 0.5) is 18.3 Å². The summed E-state index contributed by atoms with van der Waals surface area (Å²) in [4.78, 5) is 19.2. The van der Waals surface area contributed by atoms with Crippen LogP contribution in [0.25, 0.3) is 0 Å². The third-order valence-electron chi connectivity index (χ3n) is 3.26. The molecule has 2 unspecified atom stereocenters. The van der Waals surface area contributed by atoms with Crippen LogP contribution in [0.5, 0.6) is 0 Å². The molecule has 2 aromatic rings. The maximum Gasteiger partial charge on any atom is 0.433 e. The fourth-order valence-electron chi connectivity index (χ4n) is 1.82. The van der Waals surface area contributed by atoms with Crippen molar-refractivity contribution in [3.05, 3.63) is 40.7 Å². The maximum atomic E-state index is 12.6. The highest BCUT2D eigenvalue weighted by molar-refractivity contribution is 7.87. The third-order valence-corrected chi connectivity index (χ3v) is 5.86. The molecular weight excluding hydrogens is 375 g/mol. The highest BCUT2D eigenvalue weighted by Gasteiger charge is 2.32. The first-order valence-corrected chi connectivity index (χ1v) is 9.78. The van der Waals surface area contributed by atoms with Crippen LogP contribution >= 0.6 is 11.3 Å². The number of thiazole rings is 1. The Morgan fingerprint density at radius 2 is 2.16 bits per heavy atom. The quantitative estimate of drug-likeness (QED) is 0.701. The van der Waals surface area contributed by atoms with Crippen LogP contribution in [0, 0.1) is 0 Å². The lowest BCUT2D eigenvalue weighted by Crippen LogP contribution is -2.09. The highest BCUT2D eigenvalue weighted by Crippen LogP contribution is 2.29. The van der Waals surface area contributed by atoms with E-state index in [2.05, 4.69) is 14.3 Å². The molecule has 0 fully saturated rings. The minimum Gasteiger partial charge on any atom is -0.461 e. The summed E-state index contributed by atoms with van der Waals surface area (Å²) in [6.45, 7) is 3.83. The van der Waals surface area contributed by atoms with Crippen molar-refractivity contribution in [3.63, 3.8) is 0 Å². The van der Waals surface area contributed by atoms with Gasteiger partial charge < -0.3 is 4.74 Å². The summed E-state index contributed by atoms with van der Waals surface area (Å²) in [5.41, 5.74) is -0.0633. The van der Waals surface area contributed by atoms with Crippen molar-refractivity contribution in [1.29, 1.82) is 0 Å². The van der Waals surface area contributed by atoms with E-state index in [-0.39, 0.29) is 17.6 Å². The average Bonchev–Trinajstić information content (AvgIpc) is 3.02. The Hall–Kier alpha value is -1.81. The number of halogens is 3. The molecule has 0 N–H and O–H groups in total. The SMILES string of the molecule is CCOC(=O)c1csc(N=S(C)C(C)c2ccc(C(F)(F)F)nc2)n1. The summed E-state index contributed by atoms with van der Waals surface area (Å²) in [6, 6.07) is 2.37. The maximum absolute atomic E-state index is 12.6. The van der Waals surface area contributed by atoms with Crippen LogP contribution in [0.2, 0.25) is 0 Å². The van der Waals surface area contributed by atoms with Gasteiger partial charge in [-0.25, -0.2) is 9.78 Å². The van der Waals surface area contributed by atoms with E-state index < -0.39 is 28.5 Å². The molecule has 0 saturated heterocycles. The lowest BCUT2D eigenvalue weighted by molar-refractivity contribution is -0.141. The molecule has 0 amide bonds. The van der Waals surface area contributed by atoms with E-state index in [4.69, 9.17) is 4.74 Å². The van der Waals surface area contributed by atoms with Crippen LogP contribution in [0.1, 0.15) is 40.8 Å². The van der Waals surface area contributed by atoms with Crippen LogP contribution in [-0.2, 0) is 21.6 Å².